The molecule has 152 valence electrons. The molecule has 3 aliphatic rings. The summed E-state index contributed by atoms with van der Waals surface area (Å²) in [6.07, 6.45) is 7.87. The van der Waals surface area contributed by atoms with Gasteiger partial charge in [-0.2, -0.15) is 0 Å². The number of halogens is 1. The smallest absolute Gasteiger partial charge is 0.254 e. The molecule has 1 amide bonds. The molecule has 5 heteroatoms. The molecule has 0 aliphatic heterocycles. The highest BCUT2D eigenvalue weighted by atomic mass is 35.5. The summed E-state index contributed by atoms with van der Waals surface area (Å²) in [4.78, 5) is 17.7. The number of hydrogen-bond acceptors (Lipinski definition) is 3. The molecule has 3 fully saturated rings. The first kappa shape index (κ1) is 19.4. The predicted octanol–water partition coefficient (Wildman–Crippen LogP) is 5.97. The van der Waals surface area contributed by atoms with Gasteiger partial charge in [0.15, 0.2) is 0 Å². The first-order valence-electron chi connectivity index (χ1n) is 10.8. The van der Waals surface area contributed by atoms with Crippen LogP contribution in [-0.2, 0) is 5.75 Å². The lowest BCUT2D eigenvalue weighted by Gasteiger charge is -2.33. The van der Waals surface area contributed by atoms with E-state index in [1.165, 1.54) is 37.7 Å². The van der Waals surface area contributed by atoms with Gasteiger partial charge in [0.05, 0.1) is 5.56 Å². The summed E-state index contributed by atoms with van der Waals surface area (Å²) in [6, 6.07) is 14.1. The third-order valence-electron chi connectivity index (χ3n) is 7.20. The van der Waals surface area contributed by atoms with Gasteiger partial charge < -0.3 is 5.32 Å². The summed E-state index contributed by atoms with van der Waals surface area (Å²) in [6.45, 7) is 0. The van der Waals surface area contributed by atoms with Crippen LogP contribution in [0.5, 0.6) is 0 Å². The molecule has 3 bridgehead atoms. The summed E-state index contributed by atoms with van der Waals surface area (Å²) >= 11 is 7.73. The quantitative estimate of drug-likeness (QED) is 0.472. The zero-order valence-corrected chi connectivity index (χ0v) is 18.1. The third-order valence-corrected chi connectivity index (χ3v) is 8.48. The van der Waals surface area contributed by atoms with Crippen molar-refractivity contribution in [3.05, 3.63) is 58.7 Å². The summed E-state index contributed by atoms with van der Waals surface area (Å²) in [5, 5.41) is 4.55. The van der Waals surface area contributed by atoms with Crippen LogP contribution in [0.15, 0.2) is 47.5 Å². The molecule has 1 aromatic carbocycles. The number of fused-ring (bicyclic) bond motifs is 2. The zero-order chi connectivity index (χ0) is 19.8. The molecule has 0 spiro atoms. The van der Waals surface area contributed by atoms with Gasteiger partial charge in [0.1, 0.15) is 10.2 Å². The van der Waals surface area contributed by atoms with Gasteiger partial charge in [0.25, 0.3) is 5.91 Å². The Morgan fingerprint density at radius 2 is 1.79 bits per heavy atom. The number of aromatic nitrogens is 1. The lowest BCUT2D eigenvalue weighted by Crippen LogP contribution is -2.42. The number of carbonyl (C=O) groups excluding carboxylic acids is 1. The van der Waals surface area contributed by atoms with Crippen LogP contribution in [0.1, 0.15) is 54.4 Å². The monoisotopic (exact) mass is 426 g/mol. The molecule has 4 unspecified atom stereocenters. The largest absolute Gasteiger partial charge is 0.349 e. The molecule has 5 rings (SSSR count). The summed E-state index contributed by atoms with van der Waals surface area (Å²) < 4.78 is 0. The van der Waals surface area contributed by atoms with E-state index in [2.05, 4.69) is 22.4 Å². The normalized spacial score (nSPS) is 30.2. The average molecular weight is 427 g/mol. The second kappa shape index (κ2) is 8.31. The van der Waals surface area contributed by atoms with Gasteiger partial charge in [-0.3, -0.25) is 4.79 Å². The van der Waals surface area contributed by atoms with Crippen LogP contribution >= 0.6 is 23.4 Å². The van der Waals surface area contributed by atoms with Gasteiger partial charge in [0, 0.05) is 11.8 Å². The lowest BCUT2D eigenvalue weighted by atomic mass is 9.77. The van der Waals surface area contributed by atoms with Gasteiger partial charge in [-0.25, -0.2) is 4.98 Å². The van der Waals surface area contributed by atoms with Crippen molar-refractivity contribution >= 4 is 29.3 Å². The zero-order valence-electron chi connectivity index (χ0n) is 16.5. The van der Waals surface area contributed by atoms with Crippen LogP contribution in [-0.4, -0.2) is 16.9 Å². The van der Waals surface area contributed by atoms with Crippen LogP contribution in [0.3, 0.4) is 0 Å². The van der Waals surface area contributed by atoms with Crippen LogP contribution in [0.4, 0.5) is 0 Å². The number of carbonyl (C=O) groups is 1. The molecule has 5 atom stereocenters. The van der Waals surface area contributed by atoms with Crippen LogP contribution in [0.2, 0.25) is 5.15 Å². The fourth-order valence-electron chi connectivity index (χ4n) is 5.91. The van der Waals surface area contributed by atoms with Crippen molar-refractivity contribution in [1.29, 1.82) is 0 Å². The maximum Gasteiger partial charge on any atom is 0.254 e. The summed E-state index contributed by atoms with van der Waals surface area (Å²) in [7, 11) is 0. The minimum absolute atomic E-state index is 0.00688. The minimum atomic E-state index is 0.00688. The van der Waals surface area contributed by atoms with E-state index in [9.17, 15) is 4.79 Å². The lowest BCUT2D eigenvalue weighted by molar-refractivity contribution is 0.0898. The molecular weight excluding hydrogens is 400 g/mol. The van der Waals surface area contributed by atoms with Gasteiger partial charge in [0.2, 0.25) is 0 Å². The standard InChI is InChI=1S/C24H27ClN2OS/c25-22-9-7-20(24(27-22)29-14-15-4-2-1-3-5-15)23(28)26-21-8-6-17-10-16-11-18(17)13-19(21)12-16/h1-5,7,9,16-19,21H,6,8,10-14H2,(H,26,28)/t16?,17?,18?,19?,21-/m1/s1. The molecule has 2 aromatic rings. The molecule has 1 aromatic heterocycles. The maximum atomic E-state index is 13.2. The van der Waals surface area contributed by atoms with Crippen molar-refractivity contribution in [3.63, 3.8) is 0 Å². The van der Waals surface area contributed by atoms with Crippen molar-refractivity contribution in [1.82, 2.24) is 10.3 Å². The number of amides is 1. The molecule has 0 saturated heterocycles. The van der Waals surface area contributed by atoms with Crippen molar-refractivity contribution in [2.24, 2.45) is 23.7 Å². The molecule has 29 heavy (non-hydrogen) atoms. The Hall–Kier alpha value is -1.52. The molecule has 1 heterocycles. The van der Waals surface area contributed by atoms with E-state index in [1.54, 1.807) is 17.8 Å². The fourth-order valence-corrected chi connectivity index (χ4v) is 7.08. The first-order chi connectivity index (χ1) is 14.2. The molecule has 1 N–H and O–H groups in total. The highest BCUT2D eigenvalue weighted by molar-refractivity contribution is 7.98. The molecule has 3 nitrogen and oxygen atoms in total. The maximum absolute atomic E-state index is 13.2. The summed E-state index contributed by atoms with van der Waals surface area (Å²) in [5.41, 5.74) is 1.86. The number of thioether (sulfide) groups is 1. The Kier molecular flexibility index (Phi) is 5.57. The topological polar surface area (TPSA) is 42.0 Å². The van der Waals surface area contributed by atoms with E-state index >= 15 is 0 Å². The first-order valence-corrected chi connectivity index (χ1v) is 12.2. The number of nitrogens with one attached hydrogen (secondary N) is 1. The van der Waals surface area contributed by atoms with Gasteiger partial charge in [-0.1, -0.05) is 41.9 Å². The Morgan fingerprint density at radius 1 is 1.00 bits per heavy atom. The van der Waals surface area contributed by atoms with Crippen LogP contribution in [0.25, 0.3) is 0 Å². The van der Waals surface area contributed by atoms with E-state index in [-0.39, 0.29) is 5.91 Å². The van der Waals surface area contributed by atoms with Crippen molar-refractivity contribution in [2.75, 3.05) is 0 Å². The van der Waals surface area contributed by atoms with E-state index in [0.717, 1.165) is 35.0 Å². The Morgan fingerprint density at radius 3 is 2.66 bits per heavy atom. The minimum Gasteiger partial charge on any atom is -0.349 e. The highest BCUT2D eigenvalue weighted by Crippen LogP contribution is 2.53. The number of pyridine rings is 1. The van der Waals surface area contributed by atoms with Crippen LogP contribution < -0.4 is 5.32 Å². The SMILES string of the molecule is O=C(N[C@@H]1CCC2CC3CC2CC1C3)c1ccc(Cl)nc1SCc1ccccc1. The number of hydrogen-bond donors (Lipinski definition) is 1. The van der Waals surface area contributed by atoms with Gasteiger partial charge in [-0.05, 0) is 79.9 Å². The second-order valence-corrected chi connectivity index (χ2v) is 10.4. The Labute approximate surface area is 182 Å². The summed E-state index contributed by atoms with van der Waals surface area (Å²) in [5.74, 6) is 4.14. The predicted molar refractivity (Wildman–Crippen MR) is 118 cm³/mol. The highest BCUT2D eigenvalue weighted by Gasteiger charge is 2.45. The molecule has 0 radical (unpaired) electrons. The van der Waals surface area contributed by atoms with E-state index in [1.807, 2.05) is 24.3 Å². The van der Waals surface area contributed by atoms with Gasteiger partial charge in [-0.15, -0.1) is 11.8 Å². The van der Waals surface area contributed by atoms with E-state index < -0.39 is 0 Å². The Balaban J connectivity index is 1.30. The van der Waals surface area contributed by atoms with Gasteiger partial charge >= 0.3 is 0 Å². The number of nitrogens with zero attached hydrogens (tertiary/aromatic N) is 1. The van der Waals surface area contributed by atoms with E-state index in [0.29, 0.717) is 22.7 Å². The van der Waals surface area contributed by atoms with Crippen molar-refractivity contribution < 1.29 is 4.79 Å². The van der Waals surface area contributed by atoms with Crippen LogP contribution in [0, 0.1) is 23.7 Å². The third kappa shape index (κ3) is 4.20. The number of rotatable bonds is 5. The average Bonchev–Trinajstić information content (AvgIpc) is 2.96. The van der Waals surface area contributed by atoms with Crippen molar-refractivity contribution in [2.45, 2.75) is 55.3 Å². The van der Waals surface area contributed by atoms with E-state index in [4.69, 9.17) is 11.6 Å². The Bertz CT molecular complexity index is 890. The molecule has 3 aliphatic carbocycles. The fraction of sp³-hybridized carbons (Fsp3) is 0.500. The molecular formula is C24H27ClN2OS. The number of benzene rings is 1. The molecule has 3 saturated carbocycles. The van der Waals surface area contributed by atoms with Crippen molar-refractivity contribution in [3.8, 4) is 0 Å². The second-order valence-electron chi connectivity index (χ2n) is 9.01.